The average molecular weight is 261 g/mol. The highest BCUT2D eigenvalue weighted by atomic mass is 19.3. The third kappa shape index (κ3) is 1.91. The number of rotatable bonds is 2. The number of H-pyrrole nitrogens is 1. The van der Waals surface area contributed by atoms with E-state index < -0.39 is 6.43 Å². The fraction of sp³-hybridized carbons (Fsp3) is 0.0769. The largest absolute Gasteiger partial charge is 0.313 e. The summed E-state index contributed by atoms with van der Waals surface area (Å²) in [5.74, 6) is 0. The van der Waals surface area contributed by atoms with Crippen LogP contribution >= 0.6 is 0 Å². The van der Waals surface area contributed by atoms with E-state index in [0.29, 0.717) is 16.7 Å². The molecule has 0 atom stereocenters. The quantitative estimate of drug-likeness (QED) is 0.771. The fourth-order valence-corrected chi connectivity index (χ4v) is 1.95. The van der Waals surface area contributed by atoms with Gasteiger partial charge in [0.25, 0.3) is 12.0 Å². The molecule has 1 aromatic carbocycles. The zero-order valence-electron chi connectivity index (χ0n) is 9.68. The molecule has 0 saturated heterocycles. The predicted octanol–water partition coefficient (Wildman–Crippen LogP) is 2.65. The highest BCUT2D eigenvalue weighted by Crippen LogP contribution is 2.21. The van der Waals surface area contributed by atoms with Gasteiger partial charge in [0.15, 0.2) is 5.65 Å². The molecule has 0 radical (unpaired) electrons. The highest BCUT2D eigenvalue weighted by molar-refractivity contribution is 5.76. The summed E-state index contributed by atoms with van der Waals surface area (Å²) in [5, 5.41) is 0.459. The molecule has 0 bridgehead atoms. The predicted molar refractivity (Wildman–Crippen MR) is 66.6 cm³/mol. The summed E-state index contributed by atoms with van der Waals surface area (Å²) < 4.78 is 26.6. The van der Waals surface area contributed by atoms with Crippen LogP contribution in [0.25, 0.3) is 16.7 Å². The monoisotopic (exact) mass is 261 g/mol. The third-order valence-electron chi connectivity index (χ3n) is 2.91. The maximum Gasteiger partial charge on any atom is 0.263 e. The van der Waals surface area contributed by atoms with E-state index in [0.717, 1.165) is 0 Å². The molecule has 2 heterocycles. The van der Waals surface area contributed by atoms with Gasteiger partial charge in [-0.3, -0.25) is 4.79 Å². The second-order valence-corrected chi connectivity index (χ2v) is 4.05. The first-order valence-corrected chi connectivity index (χ1v) is 5.60. The third-order valence-corrected chi connectivity index (χ3v) is 2.91. The lowest BCUT2D eigenvalue weighted by molar-refractivity contribution is 0.151. The van der Waals surface area contributed by atoms with Gasteiger partial charge < -0.3 is 9.55 Å². The fourth-order valence-electron chi connectivity index (χ4n) is 1.95. The molecule has 3 rings (SSSR count). The normalized spacial score (nSPS) is 11.3. The van der Waals surface area contributed by atoms with Crippen LogP contribution in [0.4, 0.5) is 8.78 Å². The Bertz CT molecular complexity index is 774. The average Bonchev–Trinajstić information content (AvgIpc) is 2.84. The summed E-state index contributed by atoms with van der Waals surface area (Å²) >= 11 is 0. The molecule has 0 amide bonds. The van der Waals surface area contributed by atoms with Crippen LogP contribution in [0.5, 0.6) is 0 Å². The van der Waals surface area contributed by atoms with E-state index in [9.17, 15) is 13.6 Å². The van der Waals surface area contributed by atoms with Gasteiger partial charge in [-0.2, -0.15) is 0 Å². The Hall–Kier alpha value is -2.50. The Morgan fingerprint density at radius 1 is 1.16 bits per heavy atom. The van der Waals surface area contributed by atoms with Crippen LogP contribution < -0.4 is 5.56 Å². The van der Waals surface area contributed by atoms with E-state index >= 15 is 0 Å². The maximum absolute atomic E-state index is 12.5. The van der Waals surface area contributed by atoms with Crippen molar-refractivity contribution < 1.29 is 8.78 Å². The van der Waals surface area contributed by atoms with Gasteiger partial charge in [-0.1, -0.05) is 12.1 Å². The zero-order chi connectivity index (χ0) is 13.4. The number of aromatic nitrogens is 3. The van der Waals surface area contributed by atoms with Gasteiger partial charge in [0.1, 0.15) is 0 Å². The summed E-state index contributed by atoms with van der Waals surface area (Å²) in [6.45, 7) is 0. The van der Waals surface area contributed by atoms with E-state index in [-0.39, 0.29) is 11.1 Å². The van der Waals surface area contributed by atoms with Crippen LogP contribution in [0.2, 0.25) is 0 Å². The molecule has 0 aliphatic carbocycles. The number of halogens is 2. The summed E-state index contributed by atoms with van der Waals surface area (Å²) in [6, 6.07) is 7.51. The summed E-state index contributed by atoms with van der Waals surface area (Å²) in [6.07, 6.45) is 0.510. The first-order chi connectivity index (χ1) is 9.16. The number of alkyl halides is 2. The SMILES string of the molecule is O=c1[nH]cnc2c1ccn2-c1ccc(C(F)F)cc1. The van der Waals surface area contributed by atoms with Crippen molar-refractivity contribution in [3.63, 3.8) is 0 Å². The topological polar surface area (TPSA) is 50.7 Å². The van der Waals surface area contributed by atoms with Gasteiger partial charge in [0, 0.05) is 17.4 Å². The van der Waals surface area contributed by atoms with Crippen molar-refractivity contribution in [3.8, 4) is 5.69 Å². The first kappa shape index (κ1) is 11.6. The standard InChI is InChI=1S/C13H9F2N3O/c14-11(15)8-1-3-9(4-2-8)18-6-5-10-12(18)16-7-17-13(10)19/h1-7,11H,(H,16,17,19). The Balaban J connectivity index is 2.14. The lowest BCUT2D eigenvalue weighted by Gasteiger charge is -2.05. The number of hydrogen-bond acceptors (Lipinski definition) is 2. The lowest BCUT2D eigenvalue weighted by Crippen LogP contribution is -2.06. The number of fused-ring (bicyclic) bond motifs is 1. The minimum atomic E-state index is -2.49. The van der Waals surface area contributed by atoms with Gasteiger partial charge in [-0.15, -0.1) is 0 Å². The molecular formula is C13H9F2N3O. The van der Waals surface area contributed by atoms with Crippen LogP contribution in [0, 0.1) is 0 Å². The van der Waals surface area contributed by atoms with Gasteiger partial charge in [-0.05, 0) is 18.2 Å². The van der Waals surface area contributed by atoms with Crippen molar-refractivity contribution in [1.82, 2.24) is 14.5 Å². The molecule has 2 aromatic heterocycles. The van der Waals surface area contributed by atoms with E-state index in [1.165, 1.54) is 18.5 Å². The van der Waals surface area contributed by atoms with Crippen molar-refractivity contribution in [2.24, 2.45) is 0 Å². The molecule has 96 valence electrons. The lowest BCUT2D eigenvalue weighted by atomic mass is 10.2. The molecule has 3 aromatic rings. The molecule has 4 nitrogen and oxygen atoms in total. The number of aromatic amines is 1. The zero-order valence-corrected chi connectivity index (χ0v) is 9.68. The van der Waals surface area contributed by atoms with Crippen LogP contribution in [0.3, 0.4) is 0 Å². The van der Waals surface area contributed by atoms with Gasteiger partial charge >= 0.3 is 0 Å². The minimum Gasteiger partial charge on any atom is -0.313 e. The number of benzene rings is 1. The van der Waals surface area contributed by atoms with Crippen LogP contribution in [-0.2, 0) is 0 Å². The summed E-state index contributed by atoms with van der Waals surface area (Å²) in [4.78, 5) is 18.1. The van der Waals surface area contributed by atoms with Crippen molar-refractivity contribution in [2.75, 3.05) is 0 Å². The molecule has 19 heavy (non-hydrogen) atoms. The molecule has 6 heteroatoms. The molecule has 1 N–H and O–H groups in total. The summed E-state index contributed by atoms with van der Waals surface area (Å²) in [7, 11) is 0. The Kier molecular flexibility index (Phi) is 2.63. The first-order valence-electron chi connectivity index (χ1n) is 5.60. The second kappa shape index (κ2) is 4.31. The Labute approximate surface area is 106 Å². The number of nitrogens with one attached hydrogen (secondary N) is 1. The van der Waals surface area contributed by atoms with E-state index in [4.69, 9.17) is 0 Å². The molecule has 0 spiro atoms. The molecule has 0 unspecified atom stereocenters. The van der Waals surface area contributed by atoms with Crippen molar-refractivity contribution in [2.45, 2.75) is 6.43 Å². The Morgan fingerprint density at radius 3 is 2.58 bits per heavy atom. The highest BCUT2D eigenvalue weighted by Gasteiger charge is 2.09. The van der Waals surface area contributed by atoms with Crippen LogP contribution in [0.15, 0.2) is 47.7 Å². The molecule has 0 aliphatic heterocycles. The van der Waals surface area contributed by atoms with Crippen molar-refractivity contribution in [1.29, 1.82) is 0 Å². The van der Waals surface area contributed by atoms with Crippen LogP contribution in [0.1, 0.15) is 12.0 Å². The van der Waals surface area contributed by atoms with Gasteiger partial charge in [0.05, 0.1) is 11.7 Å². The van der Waals surface area contributed by atoms with Crippen molar-refractivity contribution >= 4 is 11.0 Å². The van der Waals surface area contributed by atoms with Crippen molar-refractivity contribution in [3.05, 3.63) is 58.8 Å². The number of hydrogen-bond donors (Lipinski definition) is 1. The molecule has 0 saturated carbocycles. The van der Waals surface area contributed by atoms with E-state index in [2.05, 4.69) is 9.97 Å². The van der Waals surface area contributed by atoms with E-state index in [1.54, 1.807) is 29.0 Å². The Morgan fingerprint density at radius 2 is 1.89 bits per heavy atom. The molecular weight excluding hydrogens is 252 g/mol. The van der Waals surface area contributed by atoms with Gasteiger partial charge in [0.2, 0.25) is 0 Å². The molecule has 0 aliphatic rings. The van der Waals surface area contributed by atoms with Crippen LogP contribution in [-0.4, -0.2) is 14.5 Å². The smallest absolute Gasteiger partial charge is 0.263 e. The van der Waals surface area contributed by atoms with E-state index in [1.807, 2.05) is 0 Å². The summed E-state index contributed by atoms with van der Waals surface area (Å²) in [5.41, 5.74) is 0.907. The minimum absolute atomic E-state index is 0.0361. The maximum atomic E-state index is 12.5. The number of nitrogens with zero attached hydrogens (tertiary/aromatic N) is 2. The van der Waals surface area contributed by atoms with Gasteiger partial charge in [-0.25, -0.2) is 13.8 Å². The molecule has 0 fully saturated rings. The second-order valence-electron chi connectivity index (χ2n) is 4.05.